The number of aryl methyl sites for hydroxylation is 1. The number of ether oxygens (including phenoxy) is 2. The molecule has 0 bridgehead atoms. The number of hydrogen-bond donors (Lipinski definition) is 0. The zero-order valence-electron chi connectivity index (χ0n) is 18.6. The van der Waals surface area contributed by atoms with Crippen LogP contribution in [0.5, 0.6) is 11.5 Å². The fraction of sp³-hybridized carbons (Fsp3) is 0.200. The topological polar surface area (TPSA) is 112 Å². The number of benzene rings is 2. The van der Waals surface area contributed by atoms with Gasteiger partial charge in [0.2, 0.25) is 11.6 Å². The fourth-order valence-electron chi connectivity index (χ4n) is 4.37. The Kier molecular flexibility index (Phi) is 5.16. The maximum atomic E-state index is 13.7. The Hall–Kier alpha value is -4.40. The molecule has 0 radical (unpaired) electrons. The summed E-state index contributed by atoms with van der Waals surface area (Å²) in [7, 11) is 2.92. The number of carbonyl (C=O) groups is 3. The van der Waals surface area contributed by atoms with Crippen LogP contribution in [0.15, 0.2) is 63.5 Å². The molecule has 1 saturated heterocycles. The van der Waals surface area contributed by atoms with Gasteiger partial charge in [-0.1, -0.05) is 35.5 Å². The second-order valence-corrected chi connectivity index (χ2v) is 7.85. The lowest BCUT2D eigenvalue weighted by atomic mass is 9.87. The minimum atomic E-state index is -1.40. The van der Waals surface area contributed by atoms with Crippen molar-refractivity contribution in [2.45, 2.75) is 13.0 Å². The SMILES string of the molecule is COc1cccc(C2C(C(=O)c3cc4ccccc4o3)C(=O)C(=O)N2c2cc(C)on2)c1OC. The van der Waals surface area contributed by atoms with Gasteiger partial charge in [-0.2, -0.15) is 0 Å². The van der Waals surface area contributed by atoms with Gasteiger partial charge in [0.25, 0.3) is 5.91 Å². The van der Waals surface area contributed by atoms with Crippen LogP contribution < -0.4 is 14.4 Å². The van der Waals surface area contributed by atoms with Crippen molar-refractivity contribution in [1.82, 2.24) is 5.16 Å². The van der Waals surface area contributed by atoms with Crippen LogP contribution >= 0.6 is 0 Å². The second kappa shape index (κ2) is 8.18. The van der Waals surface area contributed by atoms with E-state index in [-0.39, 0.29) is 11.6 Å². The van der Waals surface area contributed by atoms with Crippen molar-refractivity contribution >= 4 is 34.3 Å². The molecule has 2 aromatic carbocycles. The van der Waals surface area contributed by atoms with Crippen LogP contribution in [0.1, 0.15) is 27.9 Å². The lowest BCUT2D eigenvalue weighted by Gasteiger charge is -2.26. The van der Waals surface area contributed by atoms with Gasteiger partial charge in [-0.15, -0.1) is 0 Å². The lowest BCUT2D eigenvalue weighted by Crippen LogP contribution is -2.31. The average Bonchev–Trinajstić information content (AvgIpc) is 3.54. The van der Waals surface area contributed by atoms with Gasteiger partial charge in [0.15, 0.2) is 23.1 Å². The Morgan fingerprint density at radius 1 is 1.03 bits per heavy atom. The summed E-state index contributed by atoms with van der Waals surface area (Å²) < 4.78 is 21.9. The van der Waals surface area contributed by atoms with Gasteiger partial charge in [-0.25, -0.2) is 0 Å². The Balaban J connectivity index is 1.70. The molecule has 9 heteroatoms. The molecule has 0 spiro atoms. The van der Waals surface area contributed by atoms with Gasteiger partial charge >= 0.3 is 0 Å². The highest BCUT2D eigenvalue weighted by Crippen LogP contribution is 2.46. The number of aromatic nitrogens is 1. The number of methoxy groups -OCH3 is 2. The molecule has 0 aliphatic carbocycles. The maximum absolute atomic E-state index is 13.7. The first-order valence-corrected chi connectivity index (χ1v) is 10.5. The molecule has 2 unspecified atom stereocenters. The molecule has 2 aromatic heterocycles. The van der Waals surface area contributed by atoms with Crippen LogP contribution in [0.3, 0.4) is 0 Å². The van der Waals surface area contributed by atoms with Crippen molar-refractivity contribution in [3.8, 4) is 11.5 Å². The second-order valence-electron chi connectivity index (χ2n) is 7.85. The van der Waals surface area contributed by atoms with Gasteiger partial charge in [-0.3, -0.25) is 19.3 Å². The lowest BCUT2D eigenvalue weighted by molar-refractivity contribution is -0.135. The molecule has 9 nitrogen and oxygen atoms in total. The Bertz CT molecular complexity index is 1400. The molecule has 1 aliphatic heterocycles. The third-order valence-electron chi connectivity index (χ3n) is 5.87. The van der Waals surface area contributed by atoms with E-state index < -0.39 is 29.4 Å². The van der Waals surface area contributed by atoms with E-state index in [1.54, 1.807) is 49.4 Å². The highest BCUT2D eigenvalue weighted by molar-refractivity contribution is 6.48. The Morgan fingerprint density at radius 3 is 2.50 bits per heavy atom. The molecule has 0 N–H and O–H groups in total. The van der Waals surface area contributed by atoms with Crippen molar-refractivity contribution < 1.29 is 32.8 Å². The number of anilines is 1. The number of hydrogen-bond acceptors (Lipinski definition) is 8. The van der Waals surface area contributed by atoms with E-state index in [1.807, 2.05) is 6.07 Å². The number of carbonyl (C=O) groups excluding carboxylic acids is 3. The number of furan rings is 1. The third-order valence-corrected chi connectivity index (χ3v) is 5.87. The number of nitrogens with zero attached hydrogens (tertiary/aromatic N) is 2. The quantitative estimate of drug-likeness (QED) is 0.242. The van der Waals surface area contributed by atoms with E-state index in [1.165, 1.54) is 25.2 Å². The molecule has 34 heavy (non-hydrogen) atoms. The summed E-state index contributed by atoms with van der Waals surface area (Å²) in [6.07, 6.45) is 0. The molecule has 1 fully saturated rings. The van der Waals surface area contributed by atoms with E-state index in [0.29, 0.717) is 33.8 Å². The van der Waals surface area contributed by atoms with Crippen LogP contribution in [0.2, 0.25) is 0 Å². The van der Waals surface area contributed by atoms with E-state index in [9.17, 15) is 14.4 Å². The van der Waals surface area contributed by atoms with Crippen molar-refractivity contribution in [2.75, 3.05) is 19.1 Å². The zero-order chi connectivity index (χ0) is 24.0. The summed E-state index contributed by atoms with van der Waals surface area (Å²) >= 11 is 0. The van der Waals surface area contributed by atoms with E-state index >= 15 is 0 Å². The first kappa shape index (κ1) is 21.4. The monoisotopic (exact) mass is 460 g/mol. The largest absolute Gasteiger partial charge is 0.493 e. The van der Waals surface area contributed by atoms with Gasteiger partial charge < -0.3 is 18.4 Å². The van der Waals surface area contributed by atoms with E-state index in [0.717, 1.165) is 0 Å². The number of fused-ring (bicyclic) bond motifs is 1. The van der Waals surface area contributed by atoms with Gasteiger partial charge in [-0.05, 0) is 25.1 Å². The Labute approximate surface area is 193 Å². The van der Waals surface area contributed by atoms with E-state index in [4.69, 9.17) is 18.4 Å². The number of para-hydroxylation sites is 2. The van der Waals surface area contributed by atoms with Crippen LogP contribution in [0.4, 0.5) is 5.82 Å². The van der Waals surface area contributed by atoms with Crippen LogP contribution in [0, 0.1) is 12.8 Å². The molecular formula is C25H20N2O7. The minimum absolute atomic E-state index is 0.0163. The zero-order valence-corrected chi connectivity index (χ0v) is 18.6. The summed E-state index contributed by atoms with van der Waals surface area (Å²) in [5.74, 6) is -2.54. The minimum Gasteiger partial charge on any atom is -0.493 e. The molecule has 1 amide bonds. The summed E-state index contributed by atoms with van der Waals surface area (Å²) in [5.41, 5.74) is 0.915. The maximum Gasteiger partial charge on any atom is 0.297 e. The molecule has 5 rings (SSSR count). The summed E-state index contributed by atoms with van der Waals surface area (Å²) in [5, 5.41) is 4.64. The number of rotatable bonds is 6. The predicted octanol–water partition coefficient (Wildman–Crippen LogP) is 3.90. The van der Waals surface area contributed by atoms with Crippen molar-refractivity contribution in [1.29, 1.82) is 0 Å². The fourth-order valence-corrected chi connectivity index (χ4v) is 4.37. The van der Waals surface area contributed by atoms with Gasteiger partial charge in [0.1, 0.15) is 17.3 Å². The highest BCUT2D eigenvalue weighted by Gasteiger charge is 2.54. The van der Waals surface area contributed by atoms with Crippen molar-refractivity contribution in [2.24, 2.45) is 5.92 Å². The van der Waals surface area contributed by atoms with Crippen LogP contribution in [-0.2, 0) is 9.59 Å². The summed E-state index contributed by atoms with van der Waals surface area (Å²) in [6.45, 7) is 1.66. The molecule has 3 heterocycles. The average molecular weight is 460 g/mol. The van der Waals surface area contributed by atoms with Crippen molar-refractivity contribution in [3.05, 3.63) is 71.7 Å². The standard InChI is InChI=1S/C25H20N2O7/c1-13-11-19(26-34-13)27-21(15-8-6-10-17(31-2)24(15)32-3)20(23(29)25(27)30)22(28)18-12-14-7-4-5-9-16(14)33-18/h4-12,20-21H,1-3H3. The third kappa shape index (κ3) is 3.24. The first-order chi connectivity index (χ1) is 16.4. The molecule has 172 valence electrons. The summed E-state index contributed by atoms with van der Waals surface area (Å²) in [4.78, 5) is 41.3. The van der Waals surface area contributed by atoms with Crippen molar-refractivity contribution in [3.63, 3.8) is 0 Å². The number of amides is 1. The highest BCUT2D eigenvalue weighted by atomic mass is 16.5. The molecular weight excluding hydrogens is 440 g/mol. The number of Topliss-reactive ketones (excluding diaryl/α,β-unsaturated/α-hetero) is 2. The molecule has 2 atom stereocenters. The van der Waals surface area contributed by atoms with Gasteiger partial charge in [0, 0.05) is 17.0 Å². The first-order valence-electron chi connectivity index (χ1n) is 10.5. The van der Waals surface area contributed by atoms with E-state index in [2.05, 4.69) is 5.16 Å². The molecule has 4 aromatic rings. The Morgan fingerprint density at radius 2 is 1.82 bits per heavy atom. The van der Waals surface area contributed by atoms with Crippen LogP contribution in [0.25, 0.3) is 11.0 Å². The molecule has 1 aliphatic rings. The van der Waals surface area contributed by atoms with Gasteiger partial charge in [0.05, 0.1) is 20.3 Å². The summed E-state index contributed by atoms with van der Waals surface area (Å²) in [6, 6.07) is 14.2. The van der Waals surface area contributed by atoms with Crippen LogP contribution in [-0.4, -0.2) is 36.8 Å². The normalized spacial score (nSPS) is 18.0. The number of ketones is 2. The smallest absolute Gasteiger partial charge is 0.297 e. The predicted molar refractivity (Wildman–Crippen MR) is 120 cm³/mol. The molecule has 0 saturated carbocycles.